The molecule has 9 heteroatoms. The van der Waals surface area contributed by atoms with Gasteiger partial charge >= 0.3 is 0 Å². The number of carbonyl (C=O) groups excluding carboxylic acids is 2. The molecule has 0 bridgehead atoms. The van der Waals surface area contributed by atoms with Crippen molar-refractivity contribution in [1.29, 1.82) is 0 Å². The summed E-state index contributed by atoms with van der Waals surface area (Å²) in [6, 6.07) is 7.31. The van der Waals surface area contributed by atoms with E-state index in [-0.39, 0.29) is 22.8 Å². The van der Waals surface area contributed by atoms with Crippen LogP contribution in [-0.2, 0) is 4.79 Å². The van der Waals surface area contributed by atoms with Crippen LogP contribution in [-0.4, -0.2) is 22.6 Å². The zero-order valence-electron chi connectivity index (χ0n) is 11.0. The lowest BCUT2D eigenvalue weighted by molar-refractivity contribution is -0.383. The zero-order chi connectivity index (χ0) is 16.1. The number of nitrogens with one attached hydrogen (secondary N) is 2. The fourth-order valence-electron chi connectivity index (χ4n) is 1.67. The number of alkyl halides is 1. The van der Waals surface area contributed by atoms with Crippen LogP contribution in [0, 0.1) is 10.1 Å². The predicted molar refractivity (Wildman–Crippen MR) is 84.7 cm³/mol. The second-order valence-electron chi connectivity index (χ2n) is 4.07. The lowest BCUT2D eigenvalue weighted by atomic mass is 10.2. The van der Waals surface area contributed by atoms with E-state index in [9.17, 15) is 19.7 Å². The molecule has 0 atom stereocenters. The first kappa shape index (κ1) is 15.9. The Morgan fingerprint density at radius 1 is 1.23 bits per heavy atom. The molecule has 0 aliphatic carbocycles. The van der Waals surface area contributed by atoms with E-state index in [1.807, 2.05) is 0 Å². The van der Waals surface area contributed by atoms with Gasteiger partial charge in [-0.15, -0.1) is 22.9 Å². The molecule has 0 saturated heterocycles. The Bertz CT molecular complexity index is 732. The molecule has 22 heavy (non-hydrogen) atoms. The lowest BCUT2D eigenvalue weighted by Crippen LogP contribution is -2.17. The number of amides is 2. The predicted octanol–water partition coefficient (Wildman–Crippen LogP) is 3.09. The van der Waals surface area contributed by atoms with E-state index >= 15 is 0 Å². The number of carbonyl (C=O) groups is 2. The third-order valence-electron chi connectivity index (χ3n) is 2.63. The highest BCUT2D eigenvalue weighted by molar-refractivity contribution is 7.14. The number of thiophene rings is 1. The number of hydrogen-bond acceptors (Lipinski definition) is 5. The third-order valence-corrected chi connectivity index (χ3v) is 3.71. The average Bonchev–Trinajstić information content (AvgIpc) is 2.95. The molecule has 0 unspecified atom stereocenters. The highest BCUT2D eigenvalue weighted by atomic mass is 35.5. The Balaban J connectivity index is 2.22. The van der Waals surface area contributed by atoms with Gasteiger partial charge in [0.1, 0.15) is 16.6 Å². The SMILES string of the molecule is O=C(CCl)Nc1sccc1C(=O)Nc1ccccc1[N+](=O)[O-]. The summed E-state index contributed by atoms with van der Waals surface area (Å²) in [5.74, 6) is -1.23. The third kappa shape index (κ3) is 3.60. The molecule has 0 saturated carbocycles. The number of nitro benzene ring substituents is 1. The minimum atomic E-state index is -0.584. The summed E-state index contributed by atoms with van der Waals surface area (Å²) in [5.41, 5.74) is 0.0809. The Labute approximate surface area is 134 Å². The molecule has 2 N–H and O–H groups in total. The van der Waals surface area contributed by atoms with Crippen LogP contribution in [0.4, 0.5) is 16.4 Å². The monoisotopic (exact) mass is 339 g/mol. The second-order valence-corrected chi connectivity index (χ2v) is 5.26. The second kappa shape index (κ2) is 7.01. The van der Waals surface area contributed by atoms with Gasteiger partial charge < -0.3 is 10.6 Å². The molecule has 7 nitrogen and oxygen atoms in total. The topological polar surface area (TPSA) is 101 Å². The van der Waals surface area contributed by atoms with Crippen LogP contribution in [0.5, 0.6) is 0 Å². The summed E-state index contributed by atoms with van der Waals surface area (Å²) in [7, 11) is 0. The van der Waals surface area contributed by atoms with E-state index in [0.717, 1.165) is 11.3 Å². The molecule has 0 aliphatic heterocycles. The van der Waals surface area contributed by atoms with E-state index in [0.29, 0.717) is 5.00 Å². The molecule has 2 amide bonds. The van der Waals surface area contributed by atoms with Crippen LogP contribution in [0.1, 0.15) is 10.4 Å². The van der Waals surface area contributed by atoms with Gasteiger partial charge in [-0.2, -0.15) is 0 Å². The van der Waals surface area contributed by atoms with Gasteiger partial charge in [0.15, 0.2) is 0 Å². The smallest absolute Gasteiger partial charge is 0.292 e. The maximum absolute atomic E-state index is 12.2. The number of halogens is 1. The molecule has 1 heterocycles. The first-order valence-corrected chi connectivity index (χ1v) is 7.42. The van der Waals surface area contributed by atoms with Gasteiger partial charge in [0.2, 0.25) is 5.91 Å². The maximum Gasteiger partial charge on any atom is 0.292 e. The fourth-order valence-corrected chi connectivity index (χ4v) is 2.54. The van der Waals surface area contributed by atoms with Gasteiger partial charge in [-0.3, -0.25) is 19.7 Å². The van der Waals surface area contributed by atoms with Crippen molar-refractivity contribution in [3.05, 3.63) is 51.4 Å². The Kier molecular flexibility index (Phi) is 5.08. The van der Waals surface area contributed by atoms with Crippen LogP contribution in [0.3, 0.4) is 0 Å². The summed E-state index contributed by atoms with van der Waals surface area (Å²) in [4.78, 5) is 33.9. The maximum atomic E-state index is 12.2. The summed E-state index contributed by atoms with van der Waals surface area (Å²) >= 11 is 6.56. The molecule has 0 spiro atoms. The van der Waals surface area contributed by atoms with Gasteiger partial charge in [0.25, 0.3) is 11.6 Å². The Morgan fingerprint density at radius 2 is 1.95 bits per heavy atom. The summed E-state index contributed by atoms with van der Waals surface area (Å²) in [6.45, 7) is 0. The molecule has 1 aromatic heterocycles. The lowest BCUT2D eigenvalue weighted by Gasteiger charge is -2.07. The summed E-state index contributed by atoms with van der Waals surface area (Å²) < 4.78 is 0. The van der Waals surface area contributed by atoms with Crippen LogP contribution in [0.25, 0.3) is 0 Å². The molecule has 114 valence electrons. The van der Waals surface area contributed by atoms with Gasteiger partial charge in [-0.05, 0) is 17.5 Å². The first-order chi connectivity index (χ1) is 10.5. The van der Waals surface area contributed by atoms with E-state index in [1.54, 1.807) is 11.4 Å². The molecule has 1 aromatic carbocycles. The minimum absolute atomic E-state index is 0.0818. The van der Waals surface area contributed by atoms with Crippen LogP contribution in [0.15, 0.2) is 35.7 Å². The Morgan fingerprint density at radius 3 is 2.64 bits per heavy atom. The number of para-hydroxylation sites is 2. The number of anilines is 2. The van der Waals surface area contributed by atoms with Gasteiger partial charge in [-0.1, -0.05) is 12.1 Å². The van der Waals surface area contributed by atoms with Crippen LogP contribution < -0.4 is 10.6 Å². The van der Waals surface area contributed by atoms with Gasteiger partial charge in [0, 0.05) is 6.07 Å². The zero-order valence-corrected chi connectivity index (χ0v) is 12.6. The average molecular weight is 340 g/mol. The van der Waals surface area contributed by atoms with Gasteiger partial charge in [0.05, 0.1) is 10.5 Å². The minimum Gasteiger partial charge on any atom is -0.316 e. The molecule has 0 radical (unpaired) electrons. The van der Waals surface area contributed by atoms with E-state index in [2.05, 4.69) is 10.6 Å². The van der Waals surface area contributed by atoms with Crippen molar-refractivity contribution in [1.82, 2.24) is 0 Å². The number of benzene rings is 1. The van der Waals surface area contributed by atoms with Crippen molar-refractivity contribution >= 4 is 51.1 Å². The van der Waals surface area contributed by atoms with Crippen molar-refractivity contribution in [3.8, 4) is 0 Å². The van der Waals surface area contributed by atoms with Crippen LogP contribution in [0.2, 0.25) is 0 Å². The molecular weight excluding hydrogens is 330 g/mol. The summed E-state index contributed by atoms with van der Waals surface area (Å²) in [6.07, 6.45) is 0. The fraction of sp³-hybridized carbons (Fsp3) is 0.0769. The van der Waals surface area contributed by atoms with Crippen LogP contribution >= 0.6 is 22.9 Å². The highest BCUT2D eigenvalue weighted by Gasteiger charge is 2.19. The Hall–Kier alpha value is -2.45. The van der Waals surface area contributed by atoms with Crippen molar-refractivity contribution in [3.63, 3.8) is 0 Å². The number of hydrogen-bond donors (Lipinski definition) is 2. The van der Waals surface area contributed by atoms with E-state index in [4.69, 9.17) is 11.6 Å². The van der Waals surface area contributed by atoms with Gasteiger partial charge in [-0.25, -0.2) is 0 Å². The quantitative estimate of drug-likeness (QED) is 0.496. The molecule has 2 aromatic rings. The molecule has 0 aliphatic rings. The largest absolute Gasteiger partial charge is 0.316 e. The standard InChI is InChI=1S/C13H10ClN3O4S/c14-7-11(18)16-13-8(5-6-22-13)12(19)15-9-3-1-2-4-10(9)17(20)21/h1-6H,7H2,(H,15,19)(H,16,18). The first-order valence-electron chi connectivity index (χ1n) is 6.01. The highest BCUT2D eigenvalue weighted by Crippen LogP contribution is 2.27. The number of nitrogens with zero attached hydrogens (tertiary/aromatic N) is 1. The van der Waals surface area contributed by atoms with Crippen molar-refractivity contribution in [2.75, 3.05) is 16.5 Å². The van der Waals surface area contributed by atoms with Crippen molar-refractivity contribution in [2.24, 2.45) is 0 Å². The van der Waals surface area contributed by atoms with E-state index in [1.165, 1.54) is 24.3 Å². The number of nitro groups is 1. The van der Waals surface area contributed by atoms with E-state index < -0.39 is 16.7 Å². The van der Waals surface area contributed by atoms with Crippen molar-refractivity contribution < 1.29 is 14.5 Å². The number of rotatable bonds is 5. The molecular formula is C13H10ClN3O4S. The normalized spacial score (nSPS) is 10.0. The molecule has 0 fully saturated rings. The summed E-state index contributed by atoms with van der Waals surface area (Å²) in [5, 5.41) is 17.8. The molecule has 2 rings (SSSR count). The van der Waals surface area contributed by atoms with Crippen molar-refractivity contribution in [2.45, 2.75) is 0 Å².